The number of methoxy groups -OCH3 is 1. The molecule has 2 amide bonds. The van der Waals surface area contributed by atoms with Crippen molar-refractivity contribution >= 4 is 35.0 Å². The third-order valence-corrected chi connectivity index (χ3v) is 4.55. The van der Waals surface area contributed by atoms with Crippen LogP contribution in [0.3, 0.4) is 0 Å². The number of ether oxygens (including phenoxy) is 1. The van der Waals surface area contributed by atoms with Crippen LogP contribution in [0.15, 0.2) is 53.1 Å². The van der Waals surface area contributed by atoms with Crippen LogP contribution in [0.4, 0.5) is 0 Å². The standard InChI is InChI=1S/C20H17Cl2N3O4/c1-28-16-10-12(21)6-7-14(16)20(27)25-24-18(26)8-9-19-23-11-17(29-19)13-4-2-3-5-15(13)22/h2-7,10-11H,8-9H2,1H3,(H,24,26)(H,25,27). The van der Waals surface area contributed by atoms with Gasteiger partial charge in [-0.3, -0.25) is 20.4 Å². The average molecular weight is 434 g/mol. The fraction of sp³-hybridized carbons (Fsp3) is 0.150. The van der Waals surface area contributed by atoms with Gasteiger partial charge in [-0.15, -0.1) is 0 Å². The minimum atomic E-state index is -0.524. The van der Waals surface area contributed by atoms with Crippen LogP contribution in [0.5, 0.6) is 5.75 Å². The van der Waals surface area contributed by atoms with Crippen LogP contribution in [0.25, 0.3) is 11.3 Å². The molecule has 29 heavy (non-hydrogen) atoms. The first-order valence-corrected chi connectivity index (χ1v) is 9.36. The molecule has 1 heterocycles. The number of aryl methyl sites for hydroxylation is 1. The molecule has 0 saturated heterocycles. The van der Waals surface area contributed by atoms with Crippen molar-refractivity contribution in [2.45, 2.75) is 12.8 Å². The number of carbonyl (C=O) groups is 2. The number of hydrazine groups is 1. The van der Waals surface area contributed by atoms with Gasteiger partial charge in [-0.2, -0.15) is 0 Å². The SMILES string of the molecule is COc1cc(Cl)ccc1C(=O)NNC(=O)CCc1ncc(-c2ccccc2Cl)o1. The van der Waals surface area contributed by atoms with Gasteiger partial charge in [0.1, 0.15) is 5.75 Å². The van der Waals surface area contributed by atoms with E-state index < -0.39 is 11.8 Å². The van der Waals surface area contributed by atoms with Crippen molar-refractivity contribution < 1.29 is 18.7 Å². The molecule has 9 heteroatoms. The molecule has 2 aromatic carbocycles. The van der Waals surface area contributed by atoms with E-state index in [9.17, 15) is 9.59 Å². The Kier molecular flexibility index (Phi) is 6.74. The fourth-order valence-corrected chi connectivity index (χ4v) is 2.93. The molecule has 1 aromatic heterocycles. The van der Waals surface area contributed by atoms with Crippen molar-refractivity contribution in [2.75, 3.05) is 7.11 Å². The van der Waals surface area contributed by atoms with Gasteiger partial charge in [0.2, 0.25) is 5.91 Å². The Hall–Kier alpha value is -3.03. The Morgan fingerprint density at radius 2 is 1.93 bits per heavy atom. The van der Waals surface area contributed by atoms with Gasteiger partial charge in [0.25, 0.3) is 5.91 Å². The number of carbonyl (C=O) groups excluding carboxylic acids is 2. The Morgan fingerprint density at radius 1 is 1.14 bits per heavy atom. The number of oxazole rings is 1. The maximum atomic E-state index is 12.2. The summed E-state index contributed by atoms with van der Waals surface area (Å²) in [5.41, 5.74) is 5.65. The molecule has 0 aliphatic heterocycles. The lowest BCUT2D eigenvalue weighted by atomic mass is 10.2. The van der Waals surface area contributed by atoms with E-state index in [2.05, 4.69) is 15.8 Å². The molecule has 0 saturated carbocycles. The number of halogens is 2. The van der Waals surface area contributed by atoms with Crippen molar-refractivity contribution in [3.05, 3.63) is 70.2 Å². The highest BCUT2D eigenvalue weighted by Crippen LogP contribution is 2.28. The normalized spacial score (nSPS) is 10.4. The van der Waals surface area contributed by atoms with E-state index in [1.165, 1.54) is 19.2 Å². The van der Waals surface area contributed by atoms with E-state index in [0.717, 1.165) is 5.56 Å². The minimum absolute atomic E-state index is 0.0699. The zero-order chi connectivity index (χ0) is 20.8. The monoisotopic (exact) mass is 433 g/mol. The van der Waals surface area contributed by atoms with Crippen molar-refractivity contribution in [2.24, 2.45) is 0 Å². The van der Waals surface area contributed by atoms with E-state index in [1.807, 2.05) is 18.2 Å². The van der Waals surface area contributed by atoms with Gasteiger partial charge in [-0.05, 0) is 30.3 Å². The summed E-state index contributed by atoms with van der Waals surface area (Å²) in [6, 6.07) is 11.8. The number of amides is 2. The Balaban J connectivity index is 1.52. The molecule has 0 bridgehead atoms. The summed E-state index contributed by atoms with van der Waals surface area (Å²) in [6.07, 6.45) is 1.89. The third-order valence-electron chi connectivity index (χ3n) is 3.98. The zero-order valence-electron chi connectivity index (χ0n) is 15.4. The largest absolute Gasteiger partial charge is 0.496 e. The van der Waals surface area contributed by atoms with E-state index in [4.69, 9.17) is 32.4 Å². The molecule has 0 radical (unpaired) electrons. The second kappa shape index (κ2) is 9.45. The maximum absolute atomic E-state index is 12.2. The summed E-state index contributed by atoms with van der Waals surface area (Å²) in [7, 11) is 1.42. The summed E-state index contributed by atoms with van der Waals surface area (Å²) in [4.78, 5) is 28.4. The second-order valence-electron chi connectivity index (χ2n) is 5.95. The molecular formula is C20H17Cl2N3O4. The highest BCUT2D eigenvalue weighted by Gasteiger charge is 2.14. The average Bonchev–Trinajstić information content (AvgIpc) is 3.19. The van der Waals surface area contributed by atoms with Crippen LogP contribution in [-0.4, -0.2) is 23.9 Å². The van der Waals surface area contributed by atoms with Crippen LogP contribution < -0.4 is 15.6 Å². The molecule has 0 spiro atoms. The number of nitrogens with one attached hydrogen (secondary N) is 2. The lowest BCUT2D eigenvalue weighted by Gasteiger charge is -2.10. The predicted octanol–water partition coefficient (Wildman–Crippen LogP) is 4.05. The van der Waals surface area contributed by atoms with Crippen molar-refractivity contribution in [3.63, 3.8) is 0 Å². The summed E-state index contributed by atoms with van der Waals surface area (Å²) >= 11 is 12.0. The van der Waals surface area contributed by atoms with Crippen molar-refractivity contribution in [1.29, 1.82) is 0 Å². The zero-order valence-corrected chi connectivity index (χ0v) is 16.9. The van der Waals surface area contributed by atoms with Gasteiger partial charge in [-0.25, -0.2) is 4.98 Å². The fourth-order valence-electron chi connectivity index (χ4n) is 2.54. The Morgan fingerprint density at radius 3 is 2.69 bits per heavy atom. The number of rotatable bonds is 6. The second-order valence-corrected chi connectivity index (χ2v) is 6.79. The van der Waals surface area contributed by atoms with Crippen molar-refractivity contribution in [1.82, 2.24) is 15.8 Å². The molecule has 3 aromatic rings. The predicted molar refractivity (Wildman–Crippen MR) is 109 cm³/mol. The summed E-state index contributed by atoms with van der Waals surface area (Å²) in [5.74, 6) is 0.291. The molecule has 3 rings (SSSR count). The molecule has 0 atom stereocenters. The summed E-state index contributed by atoms with van der Waals surface area (Å²) < 4.78 is 10.8. The topological polar surface area (TPSA) is 93.5 Å². The molecule has 7 nitrogen and oxygen atoms in total. The van der Waals surface area contributed by atoms with Crippen molar-refractivity contribution in [3.8, 4) is 17.1 Å². The Labute approximate surface area is 176 Å². The first-order valence-electron chi connectivity index (χ1n) is 8.60. The first-order chi connectivity index (χ1) is 14.0. The number of nitrogens with zero attached hydrogens (tertiary/aromatic N) is 1. The van der Waals surface area contributed by atoms with Gasteiger partial charge in [-0.1, -0.05) is 35.3 Å². The van der Waals surface area contributed by atoms with E-state index in [0.29, 0.717) is 27.4 Å². The van der Waals surface area contributed by atoms with Crippen LogP contribution in [0.2, 0.25) is 10.0 Å². The van der Waals surface area contributed by atoms with Gasteiger partial charge in [0, 0.05) is 23.4 Å². The van der Waals surface area contributed by atoms with E-state index in [1.54, 1.807) is 18.3 Å². The van der Waals surface area contributed by atoms with Crippen LogP contribution in [-0.2, 0) is 11.2 Å². The quantitative estimate of drug-likeness (QED) is 0.571. The molecule has 0 aliphatic carbocycles. The summed E-state index contributed by atoms with van der Waals surface area (Å²) in [5, 5.41) is 0.984. The van der Waals surface area contributed by atoms with Crippen LogP contribution in [0, 0.1) is 0 Å². The molecule has 150 valence electrons. The lowest BCUT2D eigenvalue weighted by molar-refractivity contribution is -0.121. The highest BCUT2D eigenvalue weighted by molar-refractivity contribution is 6.33. The third kappa shape index (κ3) is 5.28. The number of aromatic nitrogens is 1. The van der Waals surface area contributed by atoms with Gasteiger partial charge in [0.15, 0.2) is 11.7 Å². The number of hydrogen-bond donors (Lipinski definition) is 2. The minimum Gasteiger partial charge on any atom is -0.496 e. The molecule has 0 unspecified atom stereocenters. The van der Waals surface area contributed by atoms with Gasteiger partial charge >= 0.3 is 0 Å². The number of benzene rings is 2. The molecular weight excluding hydrogens is 417 g/mol. The number of hydrogen-bond acceptors (Lipinski definition) is 5. The van der Waals surface area contributed by atoms with Gasteiger partial charge < -0.3 is 9.15 Å². The summed E-state index contributed by atoms with van der Waals surface area (Å²) in [6.45, 7) is 0. The first kappa shape index (κ1) is 20.7. The molecule has 0 fully saturated rings. The van der Waals surface area contributed by atoms with E-state index in [-0.39, 0.29) is 18.4 Å². The highest BCUT2D eigenvalue weighted by atomic mass is 35.5. The maximum Gasteiger partial charge on any atom is 0.273 e. The lowest BCUT2D eigenvalue weighted by Crippen LogP contribution is -2.41. The molecule has 2 N–H and O–H groups in total. The molecule has 0 aliphatic rings. The van der Waals surface area contributed by atoms with Gasteiger partial charge in [0.05, 0.1) is 23.9 Å². The van der Waals surface area contributed by atoms with Crippen LogP contribution in [0.1, 0.15) is 22.7 Å². The van der Waals surface area contributed by atoms with E-state index >= 15 is 0 Å². The smallest absolute Gasteiger partial charge is 0.273 e. The van der Waals surface area contributed by atoms with Crippen LogP contribution >= 0.6 is 23.2 Å². The Bertz CT molecular complexity index is 1040.